The lowest BCUT2D eigenvalue weighted by Gasteiger charge is -2.35. The molecule has 0 bridgehead atoms. The molecule has 144 valence electrons. The van der Waals surface area contributed by atoms with Crippen LogP contribution in [-0.4, -0.2) is 55.3 Å². The molecule has 2 fully saturated rings. The van der Waals surface area contributed by atoms with E-state index in [1.807, 2.05) is 12.1 Å². The van der Waals surface area contributed by atoms with Crippen LogP contribution in [0.2, 0.25) is 0 Å². The van der Waals surface area contributed by atoms with E-state index in [1.54, 1.807) is 14.2 Å². The van der Waals surface area contributed by atoms with Crippen LogP contribution >= 0.6 is 0 Å². The first-order chi connectivity index (χ1) is 13.2. The first-order valence-electron chi connectivity index (χ1n) is 9.70. The lowest BCUT2D eigenvalue weighted by molar-refractivity contribution is 0.245. The van der Waals surface area contributed by atoms with E-state index in [9.17, 15) is 0 Å². The maximum atomic E-state index is 5.52. The molecule has 1 saturated carbocycles. The van der Waals surface area contributed by atoms with Gasteiger partial charge in [0.15, 0.2) is 0 Å². The topological polar surface area (TPSA) is 50.7 Å². The first-order valence-corrected chi connectivity index (χ1v) is 9.70. The van der Waals surface area contributed by atoms with Crippen molar-refractivity contribution < 1.29 is 9.47 Å². The van der Waals surface area contributed by atoms with Gasteiger partial charge in [0.25, 0.3) is 0 Å². The second-order valence-electron chi connectivity index (χ2n) is 7.44. The summed E-state index contributed by atoms with van der Waals surface area (Å²) in [5.74, 6) is 4.49. The fourth-order valence-corrected chi connectivity index (χ4v) is 3.64. The summed E-state index contributed by atoms with van der Waals surface area (Å²) in [5, 5.41) is 0. The molecule has 0 atom stereocenters. The highest BCUT2D eigenvalue weighted by atomic mass is 16.5. The van der Waals surface area contributed by atoms with Gasteiger partial charge in [-0.2, -0.15) is 0 Å². The van der Waals surface area contributed by atoms with E-state index >= 15 is 0 Å². The molecule has 0 spiro atoms. The lowest BCUT2D eigenvalue weighted by atomic mass is 10.1. The summed E-state index contributed by atoms with van der Waals surface area (Å²) >= 11 is 0. The SMILES string of the molecule is COc1ccc(OC)c(CN2CCN(c3cc(C)nc(C4CC4)n3)CC2)c1. The van der Waals surface area contributed by atoms with Crippen molar-refractivity contribution in [3.63, 3.8) is 0 Å². The Morgan fingerprint density at radius 3 is 2.44 bits per heavy atom. The minimum atomic E-state index is 0.588. The number of ether oxygens (including phenoxy) is 2. The Hall–Kier alpha value is -2.34. The summed E-state index contributed by atoms with van der Waals surface area (Å²) in [6.45, 7) is 6.90. The van der Waals surface area contributed by atoms with Gasteiger partial charge in [-0.15, -0.1) is 0 Å². The van der Waals surface area contributed by atoms with Crippen molar-refractivity contribution in [3.05, 3.63) is 41.3 Å². The lowest BCUT2D eigenvalue weighted by Crippen LogP contribution is -2.46. The van der Waals surface area contributed by atoms with E-state index in [-0.39, 0.29) is 0 Å². The van der Waals surface area contributed by atoms with E-state index in [2.05, 4.69) is 33.8 Å². The van der Waals surface area contributed by atoms with Gasteiger partial charge in [0.05, 0.1) is 14.2 Å². The number of hydrogen-bond acceptors (Lipinski definition) is 6. The summed E-state index contributed by atoms with van der Waals surface area (Å²) in [5.41, 5.74) is 2.24. The van der Waals surface area contributed by atoms with Crippen LogP contribution in [0.15, 0.2) is 24.3 Å². The summed E-state index contributed by atoms with van der Waals surface area (Å²) in [7, 11) is 3.42. The number of benzene rings is 1. The zero-order valence-corrected chi connectivity index (χ0v) is 16.4. The Bertz CT molecular complexity index is 799. The molecule has 1 saturated heterocycles. The third kappa shape index (κ3) is 4.16. The highest BCUT2D eigenvalue weighted by Gasteiger charge is 2.28. The van der Waals surface area contributed by atoms with Gasteiger partial charge < -0.3 is 14.4 Å². The van der Waals surface area contributed by atoms with E-state index in [0.717, 1.165) is 61.6 Å². The van der Waals surface area contributed by atoms with E-state index < -0.39 is 0 Å². The summed E-state index contributed by atoms with van der Waals surface area (Å²) in [6, 6.07) is 8.11. The third-order valence-corrected chi connectivity index (χ3v) is 5.38. The predicted octanol–water partition coefficient (Wildman–Crippen LogP) is 3.00. The van der Waals surface area contributed by atoms with Crippen molar-refractivity contribution >= 4 is 5.82 Å². The largest absolute Gasteiger partial charge is 0.497 e. The van der Waals surface area contributed by atoms with Crippen molar-refractivity contribution in [2.24, 2.45) is 0 Å². The number of anilines is 1. The summed E-state index contributed by atoms with van der Waals surface area (Å²) in [6.07, 6.45) is 2.47. The minimum absolute atomic E-state index is 0.588. The fraction of sp³-hybridized carbons (Fsp3) is 0.524. The molecule has 6 heteroatoms. The standard InChI is InChI=1S/C21H28N4O2/c1-15-12-20(23-21(22-15)16-4-5-16)25-10-8-24(9-11-25)14-17-13-18(26-2)6-7-19(17)27-3/h6-7,12-13,16H,4-5,8-11,14H2,1-3H3. The molecule has 1 aliphatic carbocycles. The van der Waals surface area contributed by atoms with Gasteiger partial charge >= 0.3 is 0 Å². The second-order valence-corrected chi connectivity index (χ2v) is 7.44. The van der Waals surface area contributed by atoms with Crippen LogP contribution in [-0.2, 0) is 6.54 Å². The molecule has 2 aromatic rings. The number of aryl methyl sites for hydroxylation is 1. The number of hydrogen-bond donors (Lipinski definition) is 0. The molecule has 0 unspecified atom stereocenters. The summed E-state index contributed by atoms with van der Waals surface area (Å²) < 4.78 is 10.9. The van der Waals surface area contributed by atoms with Gasteiger partial charge in [-0.05, 0) is 38.0 Å². The quantitative estimate of drug-likeness (QED) is 0.781. The molecule has 27 heavy (non-hydrogen) atoms. The number of nitrogens with zero attached hydrogens (tertiary/aromatic N) is 4. The molecule has 1 aromatic carbocycles. The van der Waals surface area contributed by atoms with Crippen LogP contribution in [0.3, 0.4) is 0 Å². The minimum Gasteiger partial charge on any atom is -0.497 e. The maximum Gasteiger partial charge on any atom is 0.134 e. The summed E-state index contributed by atoms with van der Waals surface area (Å²) in [4.78, 5) is 14.3. The highest BCUT2D eigenvalue weighted by molar-refractivity contribution is 5.42. The predicted molar refractivity (Wildman–Crippen MR) is 106 cm³/mol. The smallest absolute Gasteiger partial charge is 0.134 e. The molecule has 0 amide bonds. The van der Waals surface area contributed by atoms with Crippen LogP contribution in [0.1, 0.15) is 35.8 Å². The maximum absolute atomic E-state index is 5.52. The second kappa shape index (κ2) is 7.72. The average molecular weight is 368 g/mol. The van der Waals surface area contributed by atoms with Crippen molar-refractivity contribution in [2.45, 2.75) is 32.2 Å². The molecule has 2 heterocycles. The molecule has 0 radical (unpaired) electrons. The monoisotopic (exact) mass is 368 g/mol. The third-order valence-electron chi connectivity index (χ3n) is 5.38. The molecule has 1 aliphatic heterocycles. The Kier molecular flexibility index (Phi) is 5.16. The Morgan fingerprint density at radius 2 is 1.78 bits per heavy atom. The van der Waals surface area contributed by atoms with Gasteiger partial charge in [0.1, 0.15) is 23.1 Å². The molecule has 6 nitrogen and oxygen atoms in total. The van der Waals surface area contributed by atoms with Crippen LogP contribution < -0.4 is 14.4 Å². The van der Waals surface area contributed by atoms with Crippen LogP contribution in [0, 0.1) is 6.92 Å². The fourth-order valence-electron chi connectivity index (χ4n) is 3.64. The molecule has 2 aliphatic rings. The number of piperazine rings is 1. The molecular formula is C21H28N4O2. The number of rotatable bonds is 6. The van der Waals surface area contributed by atoms with Crippen molar-refractivity contribution in [3.8, 4) is 11.5 Å². The van der Waals surface area contributed by atoms with E-state index in [1.165, 1.54) is 18.4 Å². The van der Waals surface area contributed by atoms with Gasteiger partial charge in [0.2, 0.25) is 0 Å². The van der Waals surface area contributed by atoms with Crippen LogP contribution in [0.5, 0.6) is 11.5 Å². The van der Waals surface area contributed by atoms with E-state index in [4.69, 9.17) is 14.5 Å². The van der Waals surface area contributed by atoms with E-state index in [0.29, 0.717) is 5.92 Å². The van der Waals surface area contributed by atoms with Crippen LogP contribution in [0.25, 0.3) is 0 Å². The molecule has 4 rings (SSSR count). The normalized spacial score (nSPS) is 17.8. The number of methoxy groups -OCH3 is 2. The van der Waals surface area contributed by atoms with Gasteiger partial charge in [-0.1, -0.05) is 0 Å². The van der Waals surface area contributed by atoms with Crippen molar-refractivity contribution in [2.75, 3.05) is 45.3 Å². The molecular weight excluding hydrogens is 340 g/mol. The average Bonchev–Trinajstić information content (AvgIpc) is 3.53. The van der Waals surface area contributed by atoms with Crippen molar-refractivity contribution in [1.29, 1.82) is 0 Å². The Labute approximate surface area is 161 Å². The zero-order chi connectivity index (χ0) is 18.8. The van der Waals surface area contributed by atoms with Gasteiger partial charge in [0, 0.05) is 56.0 Å². The number of aromatic nitrogens is 2. The molecule has 1 aromatic heterocycles. The highest BCUT2D eigenvalue weighted by Crippen LogP contribution is 2.38. The first kappa shape index (κ1) is 18.0. The van der Waals surface area contributed by atoms with Crippen molar-refractivity contribution in [1.82, 2.24) is 14.9 Å². The molecule has 0 N–H and O–H groups in total. The Morgan fingerprint density at radius 1 is 1.00 bits per heavy atom. The van der Waals surface area contributed by atoms with Gasteiger partial charge in [-0.3, -0.25) is 4.90 Å². The van der Waals surface area contributed by atoms with Gasteiger partial charge in [-0.25, -0.2) is 9.97 Å². The zero-order valence-electron chi connectivity index (χ0n) is 16.4. The van der Waals surface area contributed by atoms with Crippen LogP contribution in [0.4, 0.5) is 5.82 Å². The Balaban J connectivity index is 1.41.